The molecule has 0 atom stereocenters. The van der Waals surface area contributed by atoms with Crippen LogP contribution in [0.3, 0.4) is 0 Å². The number of aromatic nitrogens is 1. The zero-order valence-electron chi connectivity index (χ0n) is 26.9. The van der Waals surface area contributed by atoms with E-state index in [1.54, 1.807) is 0 Å². The Hall–Kier alpha value is -5.94. The maximum Gasteiger partial charge on any atom is 0.0542 e. The number of hydrogen-bond acceptors (Lipinski definition) is 3. The van der Waals surface area contributed by atoms with Crippen molar-refractivity contribution < 1.29 is 0 Å². The van der Waals surface area contributed by atoms with E-state index in [0.717, 1.165) is 17.1 Å². The van der Waals surface area contributed by atoms with Crippen molar-refractivity contribution in [2.75, 3.05) is 4.90 Å². The van der Waals surface area contributed by atoms with Crippen LogP contribution in [0, 0.1) is 0 Å². The molecule has 0 saturated heterocycles. The summed E-state index contributed by atoms with van der Waals surface area (Å²) in [6, 6.07) is 62.2. The van der Waals surface area contributed by atoms with Gasteiger partial charge in [0.05, 0.1) is 11.0 Å². The van der Waals surface area contributed by atoms with Gasteiger partial charge in [0.15, 0.2) is 0 Å². The van der Waals surface area contributed by atoms with Crippen LogP contribution in [0.25, 0.3) is 78.6 Å². The van der Waals surface area contributed by atoms with Crippen LogP contribution in [-0.4, -0.2) is 4.57 Å². The number of para-hydroxylation sites is 3. The van der Waals surface area contributed by atoms with E-state index in [4.69, 9.17) is 0 Å². The molecule has 0 unspecified atom stereocenters. The van der Waals surface area contributed by atoms with Crippen molar-refractivity contribution in [1.29, 1.82) is 0 Å². The maximum atomic E-state index is 2.40. The summed E-state index contributed by atoms with van der Waals surface area (Å²) in [7, 11) is 0. The van der Waals surface area contributed by atoms with Crippen LogP contribution in [0.15, 0.2) is 170 Å². The van der Waals surface area contributed by atoms with E-state index in [-0.39, 0.29) is 0 Å². The van der Waals surface area contributed by atoms with Crippen LogP contribution < -0.4 is 4.90 Å². The molecule has 4 heteroatoms. The number of benzene rings is 8. The third-order valence-corrected chi connectivity index (χ3v) is 12.4. The van der Waals surface area contributed by atoms with Gasteiger partial charge < -0.3 is 9.47 Å². The van der Waals surface area contributed by atoms with Gasteiger partial charge >= 0.3 is 0 Å². The molecule has 0 N–H and O–H groups in total. The summed E-state index contributed by atoms with van der Waals surface area (Å²) in [6.45, 7) is 0. The second-order valence-corrected chi connectivity index (χ2v) is 15.1. The van der Waals surface area contributed by atoms with Crippen molar-refractivity contribution in [3.63, 3.8) is 0 Å². The van der Waals surface area contributed by atoms with Gasteiger partial charge in [0.25, 0.3) is 0 Å². The van der Waals surface area contributed by atoms with E-state index in [9.17, 15) is 0 Å². The molecule has 3 aromatic heterocycles. The Labute approximate surface area is 296 Å². The molecular weight excluding hydrogens is 645 g/mol. The van der Waals surface area contributed by atoms with Gasteiger partial charge in [0.2, 0.25) is 0 Å². The van der Waals surface area contributed by atoms with Crippen LogP contribution >= 0.6 is 22.7 Å². The maximum absolute atomic E-state index is 2.40. The molecule has 0 bridgehead atoms. The molecule has 3 heterocycles. The first-order chi connectivity index (χ1) is 24.8. The van der Waals surface area contributed by atoms with Crippen molar-refractivity contribution in [1.82, 2.24) is 4.57 Å². The topological polar surface area (TPSA) is 8.17 Å². The van der Waals surface area contributed by atoms with Crippen LogP contribution in [-0.2, 0) is 0 Å². The minimum Gasteiger partial charge on any atom is -0.310 e. The lowest BCUT2D eigenvalue weighted by Gasteiger charge is -2.25. The van der Waals surface area contributed by atoms with Gasteiger partial charge in [-0.3, -0.25) is 0 Å². The zero-order valence-corrected chi connectivity index (χ0v) is 28.5. The Morgan fingerprint density at radius 3 is 1.68 bits per heavy atom. The van der Waals surface area contributed by atoms with Crippen LogP contribution in [0.4, 0.5) is 17.1 Å². The highest BCUT2D eigenvalue weighted by Gasteiger charge is 2.19. The molecule has 0 aliphatic rings. The van der Waals surface area contributed by atoms with E-state index in [1.807, 2.05) is 22.7 Å². The third-order valence-electron chi connectivity index (χ3n) is 10.2. The third kappa shape index (κ3) is 4.07. The van der Waals surface area contributed by atoms with Crippen molar-refractivity contribution >= 4 is 113 Å². The van der Waals surface area contributed by atoms with E-state index in [2.05, 4.69) is 179 Å². The molecule has 11 rings (SSSR count). The van der Waals surface area contributed by atoms with Crippen molar-refractivity contribution in [3.8, 4) is 5.69 Å². The summed E-state index contributed by atoms with van der Waals surface area (Å²) in [4.78, 5) is 2.40. The number of rotatable bonds is 4. The summed E-state index contributed by atoms with van der Waals surface area (Å²) in [5, 5.41) is 10.6. The van der Waals surface area contributed by atoms with E-state index in [1.165, 1.54) is 78.6 Å². The summed E-state index contributed by atoms with van der Waals surface area (Å²) in [5.74, 6) is 0. The van der Waals surface area contributed by atoms with Crippen LogP contribution in [0.1, 0.15) is 0 Å². The number of anilines is 3. The fourth-order valence-electron chi connectivity index (χ4n) is 8.01. The lowest BCUT2D eigenvalue weighted by molar-refractivity contribution is 1.18. The molecule has 0 fully saturated rings. The van der Waals surface area contributed by atoms with Gasteiger partial charge in [-0.05, 0) is 89.6 Å². The average molecular weight is 673 g/mol. The fraction of sp³-hybridized carbons (Fsp3) is 0. The SMILES string of the molecule is c1ccc(N(c2ccc3c(c2)sc2ccc4c(ccc5sc6ccccc6c54)c23)c2ccc3c(c2)c2ccccc2n3-c2ccccc2)cc1. The van der Waals surface area contributed by atoms with Gasteiger partial charge in [-0.2, -0.15) is 0 Å². The largest absolute Gasteiger partial charge is 0.310 e. The second kappa shape index (κ2) is 10.8. The molecular formula is C46H28N2S2. The lowest BCUT2D eigenvalue weighted by atomic mass is 9.99. The standard InChI is InChI=1S/C46H28N2S2/c1-3-11-29(12-4-1)47(31-20-24-40-38(27-31)33-15-7-9-17-39(33)48(40)30-13-5-2-6-14-30)32-19-21-37-44(28-32)50-43-26-23-34-35(46(37)43)22-25-42-45(34)36-16-8-10-18-41(36)49-42/h1-28H. The van der Waals surface area contributed by atoms with Crippen molar-refractivity contribution in [2.45, 2.75) is 0 Å². The predicted octanol–water partition coefficient (Wildman–Crippen LogP) is 14.1. The monoisotopic (exact) mass is 672 g/mol. The average Bonchev–Trinajstić information content (AvgIpc) is 3.85. The van der Waals surface area contributed by atoms with E-state index >= 15 is 0 Å². The molecule has 0 spiro atoms. The van der Waals surface area contributed by atoms with Crippen molar-refractivity contribution in [2.24, 2.45) is 0 Å². The first-order valence-corrected chi connectivity index (χ1v) is 18.6. The van der Waals surface area contributed by atoms with E-state index in [0.29, 0.717) is 0 Å². The smallest absolute Gasteiger partial charge is 0.0542 e. The molecule has 2 nitrogen and oxygen atoms in total. The molecule has 0 saturated carbocycles. The van der Waals surface area contributed by atoms with Gasteiger partial charge in [0, 0.05) is 73.9 Å². The first kappa shape index (κ1) is 28.0. The zero-order chi connectivity index (χ0) is 32.8. The number of thiophene rings is 2. The van der Waals surface area contributed by atoms with Crippen LogP contribution in [0.2, 0.25) is 0 Å². The highest BCUT2D eigenvalue weighted by Crippen LogP contribution is 2.46. The highest BCUT2D eigenvalue weighted by molar-refractivity contribution is 7.26. The summed E-state index contributed by atoms with van der Waals surface area (Å²) in [5.41, 5.74) is 7.00. The molecule has 0 aliphatic carbocycles. The quantitative estimate of drug-likeness (QED) is 0.181. The normalized spacial score (nSPS) is 12.0. The van der Waals surface area contributed by atoms with Gasteiger partial charge in [0.1, 0.15) is 0 Å². The molecule has 0 amide bonds. The summed E-state index contributed by atoms with van der Waals surface area (Å²) in [6.07, 6.45) is 0. The minimum atomic E-state index is 1.14. The Kier molecular flexibility index (Phi) is 6.03. The Morgan fingerprint density at radius 2 is 0.900 bits per heavy atom. The van der Waals surface area contributed by atoms with Crippen LogP contribution in [0.5, 0.6) is 0 Å². The fourth-order valence-corrected chi connectivity index (χ4v) is 10.3. The van der Waals surface area contributed by atoms with Crippen molar-refractivity contribution in [3.05, 3.63) is 170 Å². The molecule has 234 valence electrons. The highest BCUT2D eigenvalue weighted by atomic mass is 32.1. The van der Waals surface area contributed by atoms with Gasteiger partial charge in [-0.1, -0.05) is 91.0 Å². The second-order valence-electron chi connectivity index (χ2n) is 12.9. The summed E-state index contributed by atoms with van der Waals surface area (Å²) >= 11 is 3.77. The number of nitrogens with zero attached hydrogens (tertiary/aromatic N) is 2. The first-order valence-electron chi connectivity index (χ1n) is 16.9. The molecule has 50 heavy (non-hydrogen) atoms. The van der Waals surface area contributed by atoms with Gasteiger partial charge in [-0.25, -0.2) is 0 Å². The predicted molar refractivity (Wildman–Crippen MR) is 219 cm³/mol. The molecule has 11 aromatic rings. The Bertz CT molecular complexity index is 3100. The number of fused-ring (bicyclic) bond motifs is 12. The molecule has 8 aromatic carbocycles. The molecule has 0 radical (unpaired) electrons. The Balaban J connectivity index is 1.12. The van der Waals surface area contributed by atoms with E-state index < -0.39 is 0 Å². The Morgan fingerprint density at radius 1 is 0.340 bits per heavy atom. The molecule has 0 aliphatic heterocycles. The lowest BCUT2D eigenvalue weighted by Crippen LogP contribution is -2.09. The minimum absolute atomic E-state index is 1.14. The number of hydrogen-bond donors (Lipinski definition) is 0. The summed E-state index contributed by atoms with van der Waals surface area (Å²) < 4.78 is 7.69. The van der Waals surface area contributed by atoms with Gasteiger partial charge in [-0.15, -0.1) is 22.7 Å².